The zero-order valence-electron chi connectivity index (χ0n) is 23.5. The van der Waals surface area contributed by atoms with Gasteiger partial charge in [0.1, 0.15) is 12.0 Å². The van der Waals surface area contributed by atoms with Gasteiger partial charge in [-0.05, 0) is 87.5 Å². The molecule has 39 heavy (non-hydrogen) atoms. The van der Waals surface area contributed by atoms with E-state index in [1.54, 1.807) is 0 Å². The molecule has 214 valence electrons. The van der Waals surface area contributed by atoms with Crippen molar-refractivity contribution in [2.24, 2.45) is 28.6 Å². The van der Waals surface area contributed by atoms with Crippen molar-refractivity contribution < 1.29 is 28.2 Å². The molecule has 8 heteroatoms. The lowest BCUT2D eigenvalue weighted by Crippen LogP contribution is -2.58. The first kappa shape index (κ1) is 27.9. The Labute approximate surface area is 231 Å². The van der Waals surface area contributed by atoms with Gasteiger partial charge in [0.15, 0.2) is 11.6 Å². The molecule has 2 N–H and O–H groups in total. The molecule has 0 radical (unpaired) electrons. The van der Waals surface area contributed by atoms with E-state index in [1.165, 1.54) is 25.7 Å². The van der Waals surface area contributed by atoms with E-state index in [1.807, 2.05) is 6.92 Å². The summed E-state index contributed by atoms with van der Waals surface area (Å²) in [5.74, 6) is -0.555. The number of rotatable bonds is 9. The average molecular weight is 543 g/mol. The number of hydrogen-bond acceptors (Lipinski definition) is 5. The monoisotopic (exact) mass is 542 g/mol. The first-order valence-corrected chi connectivity index (χ1v) is 14.7. The van der Waals surface area contributed by atoms with Crippen LogP contribution in [-0.2, 0) is 9.59 Å². The van der Waals surface area contributed by atoms with Crippen molar-refractivity contribution in [3.05, 3.63) is 23.5 Å². The van der Waals surface area contributed by atoms with Crippen LogP contribution in [0.2, 0.25) is 0 Å². The van der Waals surface area contributed by atoms with Crippen molar-refractivity contribution in [3.63, 3.8) is 0 Å². The molecule has 5 aliphatic carbocycles. The van der Waals surface area contributed by atoms with E-state index < -0.39 is 5.82 Å². The van der Waals surface area contributed by atoms with Crippen LogP contribution in [0.5, 0.6) is 11.5 Å². The van der Waals surface area contributed by atoms with Gasteiger partial charge in [-0.1, -0.05) is 20.3 Å². The van der Waals surface area contributed by atoms with E-state index in [0.717, 1.165) is 44.8 Å². The van der Waals surface area contributed by atoms with E-state index >= 15 is 0 Å². The molecule has 1 aromatic carbocycles. The summed E-state index contributed by atoms with van der Waals surface area (Å²) >= 11 is 0. The second kappa shape index (κ2) is 11.1. The summed E-state index contributed by atoms with van der Waals surface area (Å²) in [5, 5.41) is 6.38. The van der Waals surface area contributed by atoms with Crippen LogP contribution in [0.4, 0.5) is 4.39 Å². The van der Waals surface area contributed by atoms with Gasteiger partial charge in [0.05, 0.1) is 24.7 Å². The van der Waals surface area contributed by atoms with Gasteiger partial charge >= 0.3 is 0 Å². The summed E-state index contributed by atoms with van der Waals surface area (Å²) in [7, 11) is 1.41. The smallest absolute Gasteiger partial charge is 0.255 e. The van der Waals surface area contributed by atoms with Crippen LogP contribution in [0.1, 0.15) is 94.8 Å². The van der Waals surface area contributed by atoms with Crippen molar-refractivity contribution in [2.45, 2.75) is 96.6 Å². The fraction of sp³-hybridized carbons (Fsp3) is 0.710. The van der Waals surface area contributed by atoms with Gasteiger partial charge in [0.2, 0.25) is 5.91 Å². The van der Waals surface area contributed by atoms with Crippen molar-refractivity contribution in [2.75, 3.05) is 13.7 Å². The van der Waals surface area contributed by atoms with E-state index in [9.17, 15) is 18.8 Å². The molecule has 0 spiro atoms. The Kier molecular flexibility index (Phi) is 7.93. The molecule has 2 atom stereocenters. The first-order valence-electron chi connectivity index (χ1n) is 14.7. The van der Waals surface area contributed by atoms with Gasteiger partial charge in [-0.25, -0.2) is 4.39 Å². The number of carbonyl (C=O) groups excluding carboxylic acids is 3. The maximum Gasteiger partial charge on any atom is 0.255 e. The number of amides is 2. The molecule has 7 nitrogen and oxygen atoms in total. The fourth-order valence-corrected chi connectivity index (χ4v) is 7.28. The van der Waals surface area contributed by atoms with Crippen LogP contribution in [-0.4, -0.2) is 43.9 Å². The van der Waals surface area contributed by atoms with Gasteiger partial charge in [-0.15, -0.1) is 0 Å². The molecule has 0 heterocycles. The maximum atomic E-state index is 15.0. The van der Waals surface area contributed by atoms with Crippen LogP contribution >= 0.6 is 0 Å². The average Bonchev–Trinajstić information content (AvgIpc) is 2.93. The van der Waals surface area contributed by atoms with Gasteiger partial charge in [-0.3, -0.25) is 9.59 Å². The third-order valence-corrected chi connectivity index (χ3v) is 10.2. The number of ether oxygens (including phenoxy) is 2. The van der Waals surface area contributed by atoms with Gasteiger partial charge in [0.25, 0.3) is 5.91 Å². The summed E-state index contributed by atoms with van der Waals surface area (Å²) in [5.41, 5.74) is 0.0238. The number of nitrogens with one attached hydrogen (secondary N) is 2. The summed E-state index contributed by atoms with van der Waals surface area (Å²) in [4.78, 5) is 38.5. The molecule has 5 fully saturated rings. The SMILES string of the molecule is COc1cc(F)c(O[C@H]2CC[C@@](C)(C=O)CC2)cc1C(=O)N[C@H]1C2CCC(CC2)[C@H]1C(=O)NCC1(C)CCC1. The number of halogens is 1. The van der Waals surface area contributed by atoms with Crippen LogP contribution in [0.25, 0.3) is 0 Å². The second-order valence-electron chi connectivity index (χ2n) is 13.2. The lowest BCUT2D eigenvalue weighted by molar-refractivity contribution is -0.132. The fourth-order valence-electron chi connectivity index (χ4n) is 7.28. The highest BCUT2D eigenvalue weighted by Gasteiger charge is 2.48. The second-order valence-corrected chi connectivity index (χ2v) is 13.2. The predicted octanol–water partition coefficient (Wildman–Crippen LogP) is 5.20. The highest BCUT2D eigenvalue weighted by atomic mass is 19.1. The van der Waals surface area contributed by atoms with Crippen LogP contribution < -0.4 is 20.1 Å². The molecule has 2 amide bonds. The minimum atomic E-state index is -0.592. The first-order chi connectivity index (χ1) is 18.6. The third kappa shape index (κ3) is 5.80. The molecule has 5 aliphatic rings. The molecular formula is C31H43FN2O5. The van der Waals surface area contributed by atoms with Gasteiger partial charge < -0.3 is 24.9 Å². The maximum absolute atomic E-state index is 15.0. The zero-order chi connectivity index (χ0) is 27.8. The highest BCUT2D eigenvalue weighted by molar-refractivity contribution is 5.98. The minimum Gasteiger partial charge on any atom is -0.496 e. The highest BCUT2D eigenvalue weighted by Crippen LogP contribution is 2.46. The zero-order valence-corrected chi connectivity index (χ0v) is 23.5. The largest absolute Gasteiger partial charge is 0.496 e. The van der Waals surface area contributed by atoms with Crippen LogP contribution in [0.3, 0.4) is 0 Å². The Balaban J connectivity index is 1.31. The Hall–Kier alpha value is -2.64. The van der Waals surface area contributed by atoms with Crippen LogP contribution in [0, 0.1) is 34.4 Å². The van der Waals surface area contributed by atoms with Crippen molar-refractivity contribution in [3.8, 4) is 11.5 Å². The van der Waals surface area contributed by atoms with Crippen molar-refractivity contribution in [1.29, 1.82) is 0 Å². The molecule has 5 saturated carbocycles. The molecule has 6 rings (SSSR count). The molecule has 0 aliphatic heterocycles. The molecule has 1 aromatic rings. The van der Waals surface area contributed by atoms with E-state index in [-0.39, 0.29) is 69.6 Å². The van der Waals surface area contributed by atoms with E-state index in [2.05, 4.69) is 17.6 Å². The third-order valence-electron chi connectivity index (χ3n) is 10.2. The number of aldehydes is 1. The summed E-state index contributed by atoms with van der Waals surface area (Å²) in [6.45, 7) is 4.84. The lowest BCUT2D eigenvalue weighted by atomic mass is 9.61. The Morgan fingerprint density at radius 3 is 2.26 bits per heavy atom. The molecule has 0 saturated heterocycles. The number of carbonyl (C=O) groups is 3. The van der Waals surface area contributed by atoms with E-state index in [4.69, 9.17) is 9.47 Å². The Morgan fingerprint density at radius 1 is 1.00 bits per heavy atom. The molecule has 2 bridgehead atoms. The topological polar surface area (TPSA) is 93.7 Å². The predicted molar refractivity (Wildman–Crippen MR) is 145 cm³/mol. The van der Waals surface area contributed by atoms with E-state index in [0.29, 0.717) is 32.2 Å². The van der Waals surface area contributed by atoms with Gasteiger partial charge in [0, 0.05) is 24.1 Å². The number of methoxy groups -OCH3 is 1. The Morgan fingerprint density at radius 2 is 1.67 bits per heavy atom. The quantitative estimate of drug-likeness (QED) is 0.418. The number of hydrogen-bond donors (Lipinski definition) is 2. The summed E-state index contributed by atoms with van der Waals surface area (Å²) < 4.78 is 26.4. The molecule has 0 aromatic heterocycles. The number of benzene rings is 1. The Bertz CT molecular complexity index is 1090. The lowest BCUT2D eigenvalue weighted by Gasteiger charge is -2.48. The minimum absolute atomic E-state index is 0.00820. The summed E-state index contributed by atoms with van der Waals surface area (Å²) in [6, 6.07) is 2.35. The number of fused-ring (bicyclic) bond motifs is 3. The standard InChI is InChI=1S/C31H43FN2O5/c1-30(11-4-12-30)17-33-29(37)26-19-5-7-20(8-6-19)27(26)34-28(36)22-15-25(23(32)16-24(22)38-3)39-21-9-13-31(2,18-35)14-10-21/h15-16,18-21,26-27H,4-14,17H2,1-3H3,(H,33,37)(H,34,36)/t19?,20?,21-,26-,27+,31+/m1/s1. The normalized spacial score (nSPS) is 33.0. The van der Waals surface area contributed by atoms with Crippen LogP contribution in [0.15, 0.2) is 12.1 Å². The molecule has 0 unspecified atom stereocenters. The summed E-state index contributed by atoms with van der Waals surface area (Å²) in [6.07, 6.45) is 10.9. The van der Waals surface area contributed by atoms with Crippen molar-refractivity contribution in [1.82, 2.24) is 10.6 Å². The molecular weight excluding hydrogens is 499 g/mol. The van der Waals surface area contributed by atoms with Crippen molar-refractivity contribution >= 4 is 18.1 Å². The van der Waals surface area contributed by atoms with Gasteiger partial charge in [-0.2, -0.15) is 0 Å².